The highest BCUT2D eigenvalue weighted by atomic mass is 16.1. The third-order valence-corrected chi connectivity index (χ3v) is 2.97. The predicted molar refractivity (Wildman–Crippen MR) is 67.0 cm³/mol. The first kappa shape index (κ1) is 11.4. The lowest BCUT2D eigenvalue weighted by Gasteiger charge is -2.02. The summed E-state index contributed by atoms with van der Waals surface area (Å²) < 4.78 is 1.94. The maximum absolute atomic E-state index is 11.9. The molecule has 0 fully saturated rings. The molecule has 0 atom stereocenters. The SMILES string of the molecule is Cc1cc(C)c2c(C(=O)CC#N)cn(C)c2c1. The summed E-state index contributed by atoms with van der Waals surface area (Å²) in [6, 6.07) is 6.03. The third-order valence-electron chi connectivity index (χ3n) is 2.97. The Morgan fingerprint density at radius 3 is 2.76 bits per heavy atom. The molecule has 2 rings (SSSR count). The van der Waals surface area contributed by atoms with Crippen LogP contribution in [-0.2, 0) is 7.05 Å². The number of ketones is 1. The van der Waals surface area contributed by atoms with Gasteiger partial charge < -0.3 is 4.57 Å². The molecule has 2 aromatic rings. The van der Waals surface area contributed by atoms with Gasteiger partial charge in [0.2, 0.25) is 0 Å². The first-order valence-electron chi connectivity index (χ1n) is 5.51. The van der Waals surface area contributed by atoms with Gasteiger partial charge in [0.15, 0.2) is 5.78 Å². The second-order valence-electron chi connectivity index (χ2n) is 4.39. The Kier molecular flexibility index (Phi) is 2.72. The van der Waals surface area contributed by atoms with Crippen LogP contribution in [0.1, 0.15) is 27.9 Å². The quantitative estimate of drug-likeness (QED) is 0.739. The van der Waals surface area contributed by atoms with E-state index in [1.807, 2.05) is 37.7 Å². The second kappa shape index (κ2) is 4.06. The number of hydrogen-bond donors (Lipinski definition) is 0. The number of fused-ring (bicyclic) bond motifs is 1. The molecule has 0 saturated heterocycles. The molecule has 17 heavy (non-hydrogen) atoms. The lowest BCUT2D eigenvalue weighted by molar-refractivity contribution is 0.0999. The van der Waals surface area contributed by atoms with Crippen LogP contribution in [0.2, 0.25) is 0 Å². The van der Waals surface area contributed by atoms with Gasteiger partial charge in [0.25, 0.3) is 0 Å². The first-order valence-corrected chi connectivity index (χ1v) is 5.51. The largest absolute Gasteiger partial charge is 0.350 e. The van der Waals surface area contributed by atoms with Gasteiger partial charge in [-0.05, 0) is 31.0 Å². The van der Waals surface area contributed by atoms with Crippen LogP contribution in [0.5, 0.6) is 0 Å². The summed E-state index contributed by atoms with van der Waals surface area (Å²) in [5.74, 6) is -0.106. The Labute approximate surface area is 100 Å². The van der Waals surface area contributed by atoms with Gasteiger partial charge in [0, 0.05) is 29.7 Å². The highest BCUT2D eigenvalue weighted by molar-refractivity contribution is 6.09. The molecule has 1 aromatic carbocycles. The zero-order valence-corrected chi connectivity index (χ0v) is 10.2. The number of aryl methyl sites for hydroxylation is 3. The number of carbonyl (C=O) groups excluding carboxylic acids is 1. The zero-order chi connectivity index (χ0) is 12.6. The fraction of sp³-hybridized carbons (Fsp3) is 0.286. The molecule has 0 spiro atoms. The Bertz CT molecular complexity index is 644. The lowest BCUT2D eigenvalue weighted by Crippen LogP contribution is -1.96. The van der Waals surface area contributed by atoms with Crippen LogP contribution in [0, 0.1) is 25.2 Å². The van der Waals surface area contributed by atoms with Gasteiger partial charge in [0.05, 0.1) is 12.5 Å². The Morgan fingerprint density at radius 2 is 2.12 bits per heavy atom. The molecule has 0 aliphatic rings. The van der Waals surface area contributed by atoms with Crippen LogP contribution >= 0.6 is 0 Å². The zero-order valence-electron chi connectivity index (χ0n) is 10.2. The summed E-state index contributed by atoms with van der Waals surface area (Å²) in [5, 5.41) is 9.58. The van der Waals surface area contributed by atoms with Crippen molar-refractivity contribution in [2.24, 2.45) is 7.05 Å². The highest BCUT2D eigenvalue weighted by Crippen LogP contribution is 2.26. The van der Waals surface area contributed by atoms with Crippen LogP contribution < -0.4 is 0 Å². The van der Waals surface area contributed by atoms with Crippen molar-refractivity contribution >= 4 is 16.7 Å². The molecule has 0 bridgehead atoms. The smallest absolute Gasteiger partial charge is 0.179 e. The van der Waals surface area contributed by atoms with Crippen molar-refractivity contribution in [2.75, 3.05) is 0 Å². The van der Waals surface area contributed by atoms with Crippen LogP contribution in [0.15, 0.2) is 18.3 Å². The Hall–Kier alpha value is -2.08. The Morgan fingerprint density at radius 1 is 1.41 bits per heavy atom. The molecule has 0 unspecified atom stereocenters. The van der Waals surface area contributed by atoms with Crippen molar-refractivity contribution < 1.29 is 4.79 Å². The fourth-order valence-electron chi connectivity index (χ4n) is 2.28. The minimum absolute atomic E-state index is 0.0631. The van der Waals surface area contributed by atoms with Crippen molar-refractivity contribution in [3.05, 3.63) is 35.0 Å². The minimum atomic E-state index is -0.106. The average molecular weight is 226 g/mol. The van der Waals surface area contributed by atoms with E-state index in [1.54, 1.807) is 0 Å². The molecule has 1 heterocycles. The molecule has 0 radical (unpaired) electrons. The van der Waals surface area contributed by atoms with Gasteiger partial charge in [-0.25, -0.2) is 0 Å². The van der Waals surface area contributed by atoms with E-state index >= 15 is 0 Å². The molecule has 0 saturated carbocycles. The van der Waals surface area contributed by atoms with Gasteiger partial charge in [-0.2, -0.15) is 5.26 Å². The maximum atomic E-state index is 11.9. The fourth-order valence-corrected chi connectivity index (χ4v) is 2.28. The summed E-state index contributed by atoms with van der Waals surface area (Å²) >= 11 is 0. The number of nitriles is 1. The topological polar surface area (TPSA) is 45.8 Å². The molecule has 3 heteroatoms. The van der Waals surface area contributed by atoms with Gasteiger partial charge in [-0.1, -0.05) is 6.07 Å². The van der Waals surface area contributed by atoms with Gasteiger partial charge in [-0.15, -0.1) is 0 Å². The van der Waals surface area contributed by atoms with Crippen molar-refractivity contribution in [2.45, 2.75) is 20.3 Å². The van der Waals surface area contributed by atoms with Crippen LogP contribution in [-0.4, -0.2) is 10.4 Å². The van der Waals surface area contributed by atoms with E-state index in [0.717, 1.165) is 16.5 Å². The number of Topliss-reactive ketones (excluding diaryl/α,β-unsaturated/α-hetero) is 1. The number of benzene rings is 1. The Balaban J connectivity index is 2.75. The summed E-state index contributed by atoms with van der Waals surface area (Å²) in [6.07, 6.45) is 1.75. The van der Waals surface area contributed by atoms with Gasteiger partial charge in [0.1, 0.15) is 0 Å². The summed E-state index contributed by atoms with van der Waals surface area (Å²) in [5.41, 5.74) is 3.96. The molecule has 0 N–H and O–H groups in total. The monoisotopic (exact) mass is 226 g/mol. The number of carbonyl (C=O) groups is 1. The molecule has 0 aliphatic heterocycles. The molecule has 86 valence electrons. The van der Waals surface area contributed by atoms with Gasteiger partial charge in [-0.3, -0.25) is 4.79 Å². The van der Waals surface area contributed by atoms with Crippen molar-refractivity contribution in [3.8, 4) is 6.07 Å². The molecular formula is C14H14N2O. The van der Waals surface area contributed by atoms with E-state index in [0.29, 0.717) is 5.56 Å². The maximum Gasteiger partial charge on any atom is 0.179 e. The van der Waals surface area contributed by atoms with E-state index in [9.17, 15) is 4.79 Å². The van der Waals surface area contributed by atoms with E-state index in [2.05, 4.69) is 12.1 Å². The van der Waals surface area contributed by atoms with Crippen LogP contribution in [0.4, 0.5) is 0 Å². The average Bonchev–Trinajstić information content (AvgIpc) is 2.57. The number of rotatable bonds is 2. The lowest BCUT2D eigenvalue weighted by atomic mass is 10.0. The summed E-state index contributed by atoms with van der Waals surface area (Å²) in [7, 11) is 1.92. The third kappa shape index (κ3) is 1.83. The van der Waals surface area contributed by atoms with Crippen molar-refractivity contribution in [1.29, 1.82) is 5.26 Å². The minimum Gasteiger partial charge on any atom is -0.350 e. The van der Waals surface area contributed by atoms with Crippen LogP contribution in [0.3, 0.4) is 0 Å². The standard InChI is InChI=1S/C14H14N2O/c1-9-6-10(2)14-11(13(17)4-5-15)8-16(3)12(14)7-9/h6-8H,4H2,1-3H3. The van der Waals surface area contributed by atoms with Crippen molar-refractivity contribution in [1.82, 2.24) is 4.57 Å². The molecule has 0 aliphatic carbocycles. The van der Waals surface area contributed by atoms with E-state index in [-0.39, 0.29) is 12.2 Å². The summed E-state index contributed by atoms with van der Waals surface area (Å²) in [4.78, 5) is 11.9. The van der Waals surface area contributed by atoms with Crippen molar-refractivity contribution in [3.63, 3.8) is 0 Å². The molecule has 3 nitrogen and oxygen atoms in total. The molecule has 1 aromatic heterocycles. The number of hydrogen-bond acceptors (Lipinski definition) is 2. The van der Waals surface area contributed by atoms with Gasteiger partial charge >= 0.3 is 0 Å². The van der Waals surface area contributed by atoms with E-state index < -0.39 is 0 Å². The molecular weight excluding hydrogens is 212 g/mol. The highest BCUT2D eigenvalue weighted by Gasteiger charge is 2.15. The predicted octanol–water partition coefficient (Wildman–Crippen LogP) is 2.89. The first-order chi connectivity index (χ1) is 8.04. The number of aromatic nitrogens is 1. The summed E-state index contributed by atoms with van der Waals surface area (Å²) in [6.45, 7) is 4.04. The number of nitrogens with zero attached hydrogens (tertiary/aromatic N) is 2. The van der Waals surface area contributed by atoms with E-state index in [1.165, 1.54) is 5.56 Å². The normalized spacial score (nSPS) is 10.5. The molecule has 0 amide bonds. The van der Waals surface area contributed by atoms with E-state index in [4.69, 9.17) is 5.26 Å². The second-order valence-corrected chi connectivity index (χ2v) is 4.39. The van der Waals surface area contributed by atoms with Crippen LogP contribution in [0.25, 0.3) is 10.9 Å².